The van der Waals surface area contributed by atoms with Gasteiger partial charge in [0.05, 0.1) is 20.1 Å². The Morgan fingerprint density at radius 1 is 1.12 bits per heavy atom. The highest BCUT2D eigenvalue weighted by Gasteiger charge is 2.44. The molecule has 1 aliphatic heterocycles. The van der Waals surface area contributed by atoms with Crippen molar-refractivity contribution >= 4 is 5.97 Å². The van der Waals surface area contributed by atoms with Crippen molar-refractivity contribution < 1.29 is 14.3 Å². The van der Waals surface area contributed by atoms with Gasteiger partial charge in [-0.3, -0.25) is 0 Å². The van der Waals surface area contributed by atoms with Crippen LogP contribution in [0.1, 0.15) is 25.0 Å². The summed E-state index contributed by atoms with van der Waals surface area (Å²) in [5, 5.41) is 0. The van der Waals surface area contributed by atoms with Gasteiger partial charge in [0, 0.05) is 12.2 Å². The molecule has 132 valence electrons. The van der Waals surface area contributed by atoms with Crippen molar-refractivity contribution in [3.63, 3.8) is 0 Å². The first-order chi connectivity index (χ1) is 12.0. The predicted molar refractivity (Wildman–Crippen MR) is 97.3 cm³/mol. The average Bonchev–Trinajstić information content (AvgIpc) is 2.93. The molecule has 1 heterocycles. The maximum Gasteiger partial charge on any atom is 0.358 e. The molecule has 1 aromatic rings. The van der Waals surface area contributed by atoms with Crippen molar-refractivity contribution in [3.05, 3.63) is 70.3 Å². The third-order valence-electron chi connectivity index (χ3n) is 5.21. The Morgan fingerprint density at radius 2 is 1.80 bits per heavy atom. The predicted octanol–water partition coefficient (Wildman–Crippen LogP) is 3.94. The second kappa shape index (κ2) is 6.79. The number of fused-ring (bicyclic) bond motifs is 1. The quantitative estimate of drug-likeness (QED) is 0.779. The van der Waals surface area contributed by atoms with Crippen LogP contribution in [0.2, 0.25) is 0 Å². The minimum Gasteiger partial charge on any atom is -0.498 e. The SMILES string of the molecule is COC(=O)C1=C(OC)C2C(=CC=C(C)C2C)N1Cc1ccc(C)cc1. The van der Waals surface area contributed by atoms with E-state index in [-0.39, 0.29) is 17.8 Å². The number of aryl methyl sites for hydroxylation is 1. The summed E-state index contributed by atoms with van der Waals surface area (Å²) in [5.41, 5.74) is 5.24. The van der Waals surface area contributed by atoms with E-state index in [4.69, 9.17) is 9.47 Å². The van der Waals surface area contributed by atoms with Crippen LogP contribution >= 0.6 is 0 Å². The van der Waals surface area contributed by atoms with Gasteiger partial charge in [0.15, 0.2) is 5.70 Å². The Morgan fingerprint density at radius 3 is 2.40 bits per heavy atom. The van der Waals surface area contributed by atoms with Crippen LogP contribution in [0, 0.1) is 18.8 Å². The summed E-state index contributed by atoms with van der Waals surface area (Å²) in [5.74, 6) is 0.668. The van der Waals surface area contributed by atoms with Gasteiger partial charge in [-0.25, -0.2) is 4.79 Å². The van der Waals surface area contributed by atoms with E-state index in [1.54, 1.807) is 7.11 Å². The van der Waals surface area contributed by atoms with Crippen molar-refractivity contribution in [2.45, 2.75) is 27.3 Å². The van der Waals surface area contributed by atoms with Crippen LogP contribution in [0.15, 0.2) is 59.1 Å². The number of hydrogen-bond donors (Lipinski definition) is 0. The number of rotatable bonds is 4. The number of carbonyl (C=O) groups excluding carboxylic acids is 1. The molecule has 2 unspecified atom stereocenters. The van der Waals surface area contributed by atoms with Gasteiger partial charge >= 0.3 is 5.97 Å². The Hall–Kier alpha value is -2.49. The number of nitrogens with zero attached hydrogens (tertiary/aromatic N) is 1. The van der Waals surface area contributed by atoms with E-state index in [0.29, 0.717) is 18.0 Å². The number of hydrogen-bond acceptors (Lipinski definition) is 4. The fourth-order valence-corrected chi connectivity index (χ4v) is 3.60. The largest absolute Gasteiger partial charge is 0.498 e. The number of ether oxygens (including phenoxy) is 2. The van der Waals surface area contributed by atoms with Gasteiger partial charge in [0.25, 0.3) is 0 Å². The smallest absolute Gasteiger partial charge is 0.358 e. The molecule has 0 bridgehead atoms. The third-order valence-corrected chi connectivity index (χ3v) is 5.21. The number of benzene rings is 1. The molecule has 4 heteroatoms. The molecular weight excluding hydrogens is 314 g/mol. The zero-order valence-electron chi connectivity index (χ0n) is 15.5. The van der Waals surface area contributed by atoms with Crippen molar-refractivity contribution in [1.82, 2.24) is 4.90 Å². The van der Waals surface area contributed by atoms with Crippen LogP contribution < -0.4 is 0 Å². The molecule has 0 saturated heterocycles. The lowest BCUT2D eigenvalue weighted by molar-refractivity contribution is -0.137. The van der Waals surface area contributed by atoms with Gasteiger partial charge in [-0.1, -0.05) is 48.4 Å². The molecule has 0 spiro atoms. The fraction of sp³-hybridized carbons (Fsp3) is 0.381. The van der Waals surface area contributed by atoms with Crippen molar-refractivity contribution in [2.24, 2.45) is 11.8 Å². The molecule has 0 fully saturated rings. The maximum absolute atomic E-state index is 12.5. The van der Waals surface area contributed by atoms with Gasteiger partial charge in [0.1, 0.15) is 5.76 Å². The molecule has 4 nitrogen and oxygen atoms in total. The van der Waals surface area contributed by atoms with E-state index < -0.39 is 0 Å². The molecule has 25 heavy (non-hydrogen) atoms. The van der Waals surface area contributed by atoms with E-state index in [0.717, 1.165) is 11.3 Å². The lowest BCUT2D eigenvalue weighted by atomic mass is 9.81. The minimum absolute atomic E-state index is 0.0505. The summed E-state index contributed by atoms with van der Waals surface area (Å²) in [6.07, 6.45) is 4.23. The number of allylic oxidation sites excluding steroid dienone is 3. The molecule has 0 amide bonds. The number of carbonyl (C=O) groups is 1. The fourth-order valence-electron chi connectivity index (χ4n) is 3.60. The van der Waals surface area contributed by atoms with Gasteiger partial charge in [-0.05, 0) is 31.4 Å². The lowest BCUT2D eigenvalue weighted by Gasteiger charge is -2.30. The molecule has 3 rings (SSSR count). The Balaban J connectivity index is 2.07. The van der Waals surface area contributed by atoms with Gasteiger partial charge in [0.2, 0.25) is 0 Å². The van der Waals surface area contributed by atoms with Crippen molar-refractivity contribution in [2.75, 3.05) is 14.2 Å². The normalized spacial score (nSPS) is 22.4. The standard InChI is InChI=1S/C21H25NO3/c1-13-6-9-16(10-7-13)12-22-17-11-8-14(2)15(3)18(17)20(24-4)19(22)21(23)25-5/h6-11,15,18H,12H2,1-5H3. The molecule has 0 radical (unpaired) electrons. The first-order valence-electron chi connectivity index (χ1n) is 8.55. The summed E-state index contributed by atoms with van der Waals surface area (Å²) in [4.78, 5) is 14.6. The minimum atomic E-state index is -0.357. The van der Waals surface area contributed by atoms with E-state index in [1.807, 2.05) is 4.90 Å². The lowest BCUT2D eigenvalue weighted by Crippen LogP contribution is -2.27. The van der Waals surface area contributed by atoms with Crippen molar-refractivity contribution in [1.29, 1.82) is 0 Å². The summed E-state index contributed by atoms with van der Waals surface area (Å²) < 4.78 is 10.7. The highest BCUT2D eigenvalue weighted by Crippen LogP contribution is 2.46. The molecular formula is C21H25NO3. The molecule has 0 N–H and O–H groups in total. The monoisotopic (exact) mass is 339 g/mol. The molecule has 0 aromatic heterocycles. The highest BCUT2D eigenvalue weighted by atomic mass is 16.5. The van der Waals surface area contributed by atoms with Crippen LogP contribution in [0.3, 0.4) is 0 Å². The molecule has 0 saturated carbocycles. The first kappa shape index (κ1) is 17.3. The van der Waals surface area contributed by atoms with Crippen molar-refractivity contribution in [3.8, 4) is 0 Å². The Labute approximate surface area is 149 Å². The average molecular weight is 339 g/mol. The Bertz CT molecular complexity index is 771. The molecule has 2 atom stereocenters. The van der Waals surface area contributed by atoms with E-state index in [2.05, 4.69) is 57.2 Å². The van der Waals surface area contributed by atoms with Gasteiger partial charge in [-0.2, -0.15) is 0 Å². The van der Waals surface area contributed by atoms with E-state index in [1.165, 1.54) is 18.2 Å². The zero-order chi connectivity index (χ0) is 18.1. The second-order valence-corrected chi connectivity index (χ2v) is 6.75. The number of methoxy groups -OCH3 is 2. The highest BCUT2D eigenvalue weighted by molar-refractivity contribution is 5.90. The first-order valence-corrected chi connectivity index (χ1v) is 8.55. The van der Waals surface area contributed by atoms with Crippen LogP contribution in [0.5, 0.6) is 0 Å². The van der Waals surface area contributed by atoms with Crippen LogP contribution in [0.4, 0.5) is 0 Å². The second-order valence-electron chi connectivity index (χ2n) is 6.75. The molecule has 2 aliphatic rings. The zero-order valence-corrected chi connectivity index (χ0v) is 15.5. The molecule has 1 aromatic carbocycles. The summed E-state index contributed by atoms with van der Waals surface area (Å²) in [6, 6.07) is 8.36. The third kappa shape index (κ3) is 2.97. The van der Waals surface area contributed by atoms with Gasteiger partial charge in [-0.15, -0.1) is 0 Å². The van der Waals surface area contributed by atoms with Gasteiger partial charge < -0.3 is 14.4 Å². The number of esters is 1. The van der Waals surface area contributed by atoms with Crippen LogP contribution in [-0.2, 0) is 20.8 Å². The topological polar surface area (TPSA) is 38.8 Å². The van der Waals surface area contributed by atoms with E-state index in [9.17, 15) is 4.79 Å². The summed E-state index contributed by atoms with van der Waals surface area (Å²) in [7, 11) is 3.04. The summed E-state index contributed by atoms with van der Waals surface area (Å²) >= 11 is 0. The molecule has 1 aliphatic carbocycles. The summed E-state index contributed by atoms with van der Waals surface area (Å²) in [6.45, 7) is 6.97. The maximum atomic E-state index is 12.5. The van der Waals surface area contributed by atoms with E-state index >= 15 is 0 Å². The van der Waals surface area contributed by atoms with Crippen LogP contribution in [-0.4, -0.2) is 25.1 Å². The Kier molecular flexibility index (Phi) is 4.71. The van der Waals surface area contributed by atoms with Crippen LogP contribution in [0.25, 0.3) is 0 Å².